The number of hydrogen-bond acceptors (Lipinski definition) is 5. The van der Waals surface area contributed by atoms with Gasteiger partial charge in [0.05, 0.1) is 15.6 Å². The molecule has 0 unspecified atom stereocenters. The van der Waals surface area contributed by atoms with Crippen LogP contribution in [-0.4, -0.2) is 25.7 Å². The molecular formula is C14H11ClN2O5S. The highest BCUT2D eigenvalue weighted by Crippen LogP contribution is 2.26. The number of nitrogens with zero attached hydrogens (tertiary/aromatic N) is 1. The van der Waals surface area contributed by atoms with Crippen molar-refractivity contribution >= 4 is 33.1 Å². The molecule has 0 saturated carbocycles. The third kappa shape index (κ3) is 4.27. The van der Waals surface area contributed by atoms with Crippen molar-refractivity contribution in [2.45, 2.75) is 4.90 Å². The molecule has 0 atom stereocenters. The van der Waals surface area contributed by atoms with Gasteiger partial charge in [0.2, 0.25) is 5.78 Å². The fourth-order valence-electron chi connectivity index (χ4n) is 1.78. The van der Waals surface area contributed by atoms with Gasteiger partial charge in [-0.25, -0.2) is 8.42 Å². The Morgan fingerprint density at radius 2 is 1.83 bits per heavy atom. The number of nitro groups is 1. The van der Waals surface area contributed by atoms with Crippen LogP contribution in [0, 0.1) is 10.1 Å². The molecule has 0 aliphatic rings. The van der Waals surface area contributed by atoms with Crippen LogP contribution in [0.3, 0.4) is 0 Å². The summed E-state index contributed by atoms with van der Waals surface area (Å²) in [6.07, 6.45) is 0. The summed E-state index contributed by atoms with van der Waals surface area (Å²) < 4.78 is 26.7. The molecule has 0 amide bonds. The predicted molar refractivity (Wildman–Crippen MR) is 84.9 cm³/mol. The van der Waals surface area contributed by atoms with E-state index in [1.165, 1.54) is 30.3 Å². The van der Waals surface area contributed by atoms with Gasteiger partial charge in [-0.2, -0.15) is 0 Å². The van der Waals surface area contributed by atoms with Crippen molar-refractivity contribution in [3.05, 3.63) is 69.2 Å². The molecular weight excluding hydrogens is 344 g/mol. The molecule has 0 spiro atoms. The first-order valence-corrected chi connectivity index (χ1v) is 8.18. The molecule has 0 bridgehead atoms. The molecule has 23 heavy (non-hydrogen) atoms. The van der Waals surface area contributed by atoms with E-state index in [2.05, 4.69) is 4.72 Å². The second kappa shape index (κ2) is 6.76. The normalized spacial score (nSPS) is 11.0. The average molecular weight is 355 g/mol. The zero-order valence-corrected chi connectivity index (χ0v) is 13.2. The largest absolute Gasteiger partial charge is 0.287 e. The van der Waals surface area contributed by atoms with Crippen molar-refractivity contribution in [1.29, 1.82) is 0 Å². The van der Waals surface area contributed by atoms with Crippen molar-refractivity contribution < 1.29 is 18.1 Å². The summed E-state index contributed by atoms with van der Waals surface area (Å²) in [4.78, 5) is 21.2. The molecule has 1 N–H and O–H groups in total. The fourth-order valence-corrected chi connectivity index (χ4v) is 3.17. The summed E-state index contributed by atoms with van der Waals surface area (Å²) in [6.45, 7) is -0.856. The second-order valence-electron chi connectivity index (χ2n) is 4.53. The van der Waals surface area contributed by atoms with Gasteiger partial charge in [0, 0.05) is 10.5 Å². The van der Waals surface area contributed by atoms with E-state index in [4.69, 9.17) is 11.6 Å². The zero-order chi connectivity index (χ0) is 17.0. The maximum Gasteiger partial charge on any atom is 0.265 e. The van der Waals surface area contributed by atoms with E-state index >= 15 is 0 Å². The van der Waals surface area contributed by atoms with Crippen LogP contribution >= 0.6 is 11.6 Å². The minimum Gasteiger partial charge on any atom is -0.287 e. The summed E-state index contributed by atoms with van der Waals surface area (Å²) in [5.41, 5.74) is 0.113. The van der Waals surface area contributed by atoms with Gasteiger partial charge in [-0.3, -0.25) is 19.6 Å². The number of Topliss-reactive ketones (excluding diaryl/α,β-unsaturated/α-hetero) is 1. The number of rotatable bonds is 6. The van der Waals surface area contributed by atoms with Gasteiger partial charge >= 0.3 is 0 Å². The number of ketones is 1. The molecule has 0 aliphatic heterocycles. The third-order valence-corrected chi connectivity index (χ3v) is 4.56. The average Bonchev–Trinajstić information content (AvgIpc) is 2.49. The number of hydrogen-bond donors (Lipinski definition) is 1. The Kier molecular flexibility index (Phi) is 4.97. The number of nitrogens with one attached hydrogen (secondary N) is 1. The molecule has 7 nitrogen and oxygen atoms in total. The highest BCUT2D eigenvalue weighted by atomic mass is 35.5. The van der Waals surface area contributed by atoms with Gasteiger partial charge in [0.25, 0.3) is 16.6 Å². The number of anilines is 1. The SMILES string of the molecule is O=C(C[N+](=O)[O-])c1ccc(NS(=O)(=O)c2ccccc2)c(Cl)c1. The first-order valence-electron chi connectivity index (χ1n) is 6.32. The van der Waals surface area contributed by atoms with Gasteiger partial charge in [-0.1, -0.05) is 29.8 Å². The van der Waals surface area contributed by atoms with Crippen LogP contribution in [0.5, 0.6) is 0 Å². The molecule has 0 aliphatic carbocycles. The molecule has 2 aromatic rings. The second-order valence-corrected chi connectivity index (χ2v) is 6.62. The van der Waals surface area contributed by atoms with Crippen LogP contribution in [0.1, 0.15) is 10.4 Å². The molecule has 2 rings (SSSR count). The van der Waals surface area contributed by atoms with E-state index in [9.17, 15) is 23.3 Å². The molecule has 0 aromatic heterocycles. The topological polar surface area (TPSA) is 106 Å². The molecule has 0 fully saturated rings. The smallest absolute Gasteiger partial charge is 0.265 e. The van der Waals surface area contributed by atoms with Crippen LogP contribution in [-0.2, 0) is 10.0 Å². The van der Waals surface area contributed by atoms with Gasteiger partial charge in [0.15, 0.2) is 0 Å². The van der Waals surface area contributed by atoms with Crippen molar-refractivity contribution in [2.75, 3.05) is 11.3 Å². The first kappa shape index (κ1) is 16.9. The quantitative estimate of drug-likeness (QED) is 0.487. The van der Waals surface area contributed by atoms with Crippen molar-refractivity contribution in [3.63, 3.8) is 0 Å². The summed E-state index contributed by atoms with van der Waals surface area (Å²) in [6, 6.07) is 11.4. The minimum atomic E-state index is -3.82. The Balaban J connectivity index is 2.25. The number of benzene rings is 2. The van der Waals surface area contributed by atoms with Gasteiger partial charge < -0.3 is 0 Å². The van der Waals surface area contributed by atoms with E-state index in [1.807, 2.05) is 0 Å². The van der Waals surface area contributed by atoms with E-state index in [-0.39, 0.29) is 21.2 Å². The number of carbonyl (C=O) groups excluding carboxylic acids is 1. The summed E-state index contributed by atoms with van der Waals surface area (Å²) in [7, 11) is -3.82. The van der Waals surface area contributed by atoms with Crippen LogP contribution in [0.4, 0.5) is 5.69 Å². The molecule has 0 radical (unpaired) electrons. The van der Waals surface area contributed by atoms with Crippen molar-refractivity contribution in [2.24, 2.45) is 0 Å². The fraction of sp³-hybridized carbons (Fsp3) is 0.0714. The Morgan fingerprint density at radius 1 is 1.17 bits per heavy atom. The summed E-state index contributed by atoms with van der Waals surface area (Å²) in [5.74, 6) is -0.714. The van der Waals surface area contributed by atoms with Gasteiger partial charge in [0.1, 0.15) is 0 Å². The van der Waals surface area contributed by atoms with Gasteiger partial charge in [-0.05, 0) is 30.3 Å². The molecule has 2 aromatic carbocycles. The standard InChI is InChI=1S/C14H11ClN2O5S/c15-12-8-10(14(18)9-17(19)20)6-7-13(12)16-23(21,22)11-4-2-1-3-5-11/h1-8,16H,9H2. The highest BCUT2D eigenvalue weighted by molar-refractivity contribution is 7.92. The maximum absolute atomic E-state index is 12.2. The summed E-state index contributed by atoms with van der Waals surface area (Å²) >= 11 is 5.95. The van der Waals surface area contributed by atoms with E-state index in [0.29, 0.717) is 0 Å². The highest BCUT2D eigenvalue weighted by Gasteiger charge is 2.18. The first-order chi connectivity index (χ1) is 10.8. The summed E-state index contributed by atoms with van der Waals surface area (Å²) in [5, 5.41) is 10.3. The molecule has 0 heterocycles. The van der Waals surface area contributed by atoms with Crippen molar-refractivity contribution in [3.8, 4) is 0 Å². The number of sulfonamides is 1. The van der Waals surface area contributed by atoms with Gasteiger partial charge in [-0.15, -0.1) is 0 Å². The lowest BCUT2D eigenvalue weighted by atomic mass is 10.1. The lowest BCUT2D eigenvalue weighted by Gasteiger charge is -2.10. The van der Waals surface area contributed by atoms with E-state index in [1.54, 1.807) is 18.2 Å². The monoisotopic (exact) mass is 354 g/mol. The zero-order valence-electron chi connectivity index (χ0n) is 11.6. The third-order valence-electron chi connectivity index (χ3n) is 2.86. The Labute approximate surface area is 137 Å². The van der Waals surface area contributed by atoms with E-state index < -0.39 is 27.3 Å². The molecule has 9 heteroatoms. The predicted octanol–water partition coefficient (Wildman–Crippen LogP) is 2.60. The maximum atomic E-state index is 12.2. The Hall–Kier alpha value is -2.45. The number of halogens is 1. The Morgan fingerprint density at radius 3 is 2.39 bits per heavy atom. The Bertz CT molecular complexity index is 853. The van der Waals surface area contributed by atoms with Crippen LogP contribution in [0.15, 0.2) is 53.4 Å². The van der Waals surface area contributed by atoms with E-state index in [0.717, 1.165) is 0 Å². The molecule has 120 valence electrons. The minimum absolute atomic E-state index is 0.0290. The lowest BCUT2D eigenvalue weighted by molar-refractivity contribution is -0.465. The van der Waals surface area contributed by atoms with Crippen LogP contribution in [0.2, 0.25) is 5.02 Å². The van der Waals surface area contributed by atoms with Crippen LogP contribution < -0.4 is 4.72 Å². The van der Waals surface area contributed by atoms with Crippen molar-refractivity contribution in [1.82, 2.24) is 0 Å². The number of carbonyl (C=O) groups is 1. The molecule has 0 saturated heterocycles. The van der Waals surface area contributed by atoms with Crippen LogP contribution in [0.25, 0.3) is 0 Å². The lowest BCUT2D eigenvalue weighted by Crippen LogP contribution is -2.15.